The lowest BCUT2D eigenvalue weighted by molar-refractivity contribution is -0.136. The van der Waals surface area contributed by atoms with Crippen molar-refractivity contribution < 1.29 is 19.1 Å². The third-order valence-electron chi connectivity index (χ3n) is 6.26. The molecule has 0 spiro atoms. The van der Waals surface area contributed by atoms with Crippen LogP contribution in [0.25, 0.3) is 0 Å². The molecule has 1 unspecified atom stereocenters. The minimum atomic E-state index is -0.626. The molecule has 1 N–H and O–H groups in total. The molecule has 1 fully saturated rings. The summed E-state index contributed by atoms with van der Waals surface area (Å²) in [7, 11) is 0. The zero-order valence-electron chi connectivity index (χ0n) is 18.6. The first kappa shape index (κ1) is 22.0. The highest BCUT2D eigenvalue weighted by molar-refractivity contribution is 6.05. The zero-order chi connectivity index (χ0) is 22.7. The Morgan fingerprint density at radius 3 is 2.44 bits per heavy atom. The Morgan fingerprint density at radius 2 is 1.75 bits per heavy atom. The number of piperidine rings is 1. The summed E-state index contributed by atoms with van der Waals surface area (Å²) in [5.74, 6) is -0.240. The van der Waals surface area contributed by atoms with E-state index in [1.54, 1.807) is 17.0 Å². The third-order valence-corrected chi connectivity index (χ3v) is 6.26. The maximum Gasteiger partial charge on any atom is 0.255 e. The smallest absolute Gasteiger partial charge is 0.255 e. The van der Waals surface area contributed by atoms with E-state index < -0.39 is 11.9 Å². The molecule has 2 aliphatic rings. The first-order valence-electron chi connectivity index (χ1n) is 11.2. The second-order valence-corrected chi connectivity index (χ2v) is 8.25. The normalized spacial score (nSPS) is 18.2. The molecule has 3 amide bonds. The molecule has 32 heavy (non-hydrogen) atoms. The van der Waals surface area contributed by atoms with E-state index in [2.05, 4.69) is 48.3 Å². The summed E-state index contributed by atoms with van der Waals surface area (Å²) >= 11 is 0. The monoisotopic (exact) mass is 435 g/mol. The largest absolute Gasteiger partial charge is 0.489 e. The first-order chi connectivity index (χ1) is 15.5. The van der Waals surface area contributed by atoms with Crippen LogP contribution in [0.5, 0.6) is 5.75 Å². The number of nitrogens with one attached hydrogen (secondary N) is 1. The predicted molar refractivity (Wildman–Crippen MR) is 120 cm³/mol. The predicted octanol–water partition coefficient (Wildman–Crippen LogP) is 2.87. The van der Waals surface area contributed by atoms with Crippen LogP contribution in [-0.2, 0) is 29.3 Å². The lowest BCUT2D eigenvalue weighted by Gasteiger charge is -2.29. The highest BCUT2D eigenvalue weighted by Gasteiger charge is 2.40. The van der Waals surface area contributed by atoms with E-state index in [1.165, 1.54) is 5.56 Å². The average molecular weight is 436 g/mol. The quantitative estimate of drug-likeness (QED) is 0.645. The van der Waals surface area contributed by atoms with Gasteiger partial charge in [-0.1, -0.05) is 44.2 Å². The van der Waals surface area contributed by atoms with Crippen molar-refractivity contribution in [1.82, 2.24) is 15.1 Å². The molecule has 7 heteroatoms. The second-order valence-electron chi connectivity index (χ2n) is 8.25. The number of benzene rings is 2. The molecule has 0 saturated carbocycles. The Labute approximate surface area is 188 Å². The van der Waals surface area contributed by atoms with Gasteiger partial charge in [-0.3, -0.25) is 24.6 Å². The van der Waals surface area contributed by atoms with Crippen molar-refractivity contribution >= 4 is 17.7 Å². The van der Waals surface area contributed by atoms with Gasteiger partial charge in [0, 0.05) is 24.1 Å². The molecule has 168 valence electrons. The van der Waals surface area contributed by atoms with Gasteiger partial charge in [-0.25, -0.2) is 0 Å². The van der Waals surface area contributed by atoms with E-state index in [0.29, 0.717) is 30.9 Å². The maximum absolute atomic E-state index is 12.9. The Hall–Kier alpha value is -3.19. The number of carbonyl (C=O) groups excluding carboxylic acids is 3. The van der Waals surface area contributed by atoms with Gasteiger partial charge in [-0.05, 0) is 42.8 Å². The molecule has 2 aliphatic heterocycles. The van der Waals surface area contributed by atoms with Gasteiger partial charge in [0.15, 0.2) is 0 Å². The molecule has 1 saturated heterocycles. The minimum absolute atomic E-state index is 0.194. The first-order valence-corrected chi connectivity index (χ1v) is 11.2. The standard InChI is InChI=1S/C25H29N3O4/c1-3-27(4-2)14-17-8-10-18(11-9-17)16-32-22-7-5-6-19-20(22)15-28(25(19)31)21-12-13-23(29)26-24(21)30/h5-11,21H,3-4,12-16H2,1-2H3,(H,26,29,30). The fraction of sp³-hybridized carbons (Fsp3) is 0.400. The van der Waals surface area contributed by atoms with Crippen LogP contribution in [0.15, 0.2) is 42.5 Å². The number of ether oxygens (including phenoxy) is 1. The van der Waals surface area contributed by atoms with Gasteiger partial charge in [0.1, 0.15) is 18.4 Å². The van der Waals surface area contributed by atoms with E-state index in [1.807, 2.05) is 6.07 Å². The summed E-state index contributed by atoms with van der Waals surface area (Å²) in [6, 6.07) is 13.2. The Balaban J connectivity index is 1.43. The van der Waals surface area contributed by atoms with E-state index in [9.17, 15) is 14.4 Å². The number of imide groups is 1. The van der Waals surface area contributed by atoms with Gasteiger partial charge >= 0.3 is 0 Å². The average Bonchev–Trinajstić information content (AvgIpc) is 3.13. The summed E-state index contributed by atoms with van der Waals surface area (Å²) in [6.45, 7) is 8.00. The highest BCUT2D eigenvalue weighted by atomic mass is 16.5. The number of hydrogen-bond donors (Lipinski definition) is 1. The SMILES string of the molecule is CCN(CC)Cc1ccc(COc2cccc3c2CN(C2CCC(=O)NC2=O)C3=O)cc1. The van der Waals surface area contributed by atoms with Gasteiger partial charge in [-0.2, -0.15) is 0 Å². The van der Waals surface area contributed by atoms with Crippen LogP contribution in [0.3, 0.4) is 0 Å². The van der Waals surface area contributed by atoms with Crippen molar-refractivity contribution in [3.05, 3.63) is 64.7 Å². The van der Waals surface area contributed by atoms with Crippen molar-refractivity contribution in [2.24, 2.45) is 0 Å². The minimum Gasteiger partial charge on any atom is -0.489 e. The molecule has 2 heterocycles. The summed E-state index contributed by atoms with van der Waals surface area (Å²) < 4.78 is 6.08. The molecule has 7 nitrogen and oxygen atoms in total. The Kier molecular flexibility index (Phi) is 6.55. The van der Waals surface area contributed by atoms with Gasteiger partial charge in [0.25, 0.3) is 5.91 Å². The van der Waals surface area contributed by atoms with E-state index >= 15 is 0 Å². The van der Waals surface area contributed by atoms with E-state index in [-0.39, 0.29) is 18.2 Å². The van der Waals surface area contributed by atoms with Crippen LogP contribution in [0.2, 0.25) is 0 Å². The maximum atomic E-state index is 12.9. The molecule has 1 atom stereocenters. The van der Waals surface area contributed by atoms with Gasteiger partial charge in [-0.15, -0.1) is 0 Å². The number of nitrogens with zero attached hydrogens (tertiary/aromatic N) is 2. The topological polar surface area (TPSA) is 79.0 Å². The van der Waals surface area contributed by atoms with E-state index in [0.717, 1.165) is 30.8 Å². The van der Waals surface area contributed by atoms with Crippen molar-refractivity contribution in [3.63, 3.8) is 0 Å². The Morgan fingerprint density at radius 1 is 1.03 bits per heavy atom. The molecule has 0 bridgehead atoms. The number of hydrogen-bond acceptors (Lipinski definition) is 5. The molecule has 0 radical (unpaired) electrons. The van der Waals surface area contributed by atoms with Crippen LogP contribution in [-0.4, -0.2) is 46.7 Å². The van der Waals surface area contributed by atoms with E-state index in [4.69, 9.17) is 4.74 Å². The summed E-state index contributed by atoms with van der Waals surface area (Å²) in [5, 5.41) is 2.33. The van der Waals surface area contributed by atoms with Crippen LogP contribution < -0.4 is 10.1 Å². The number of amides is 3. The summed E-state index contributed by atoms with van der Waals surface area (Å²) in [5.41, 5.74) is 3.67. The Bertz CT molecular complexity index is 1010. The third kappa shape index (κ3) is 4.53. The lowest BCUT2D eigenvalue weighted by atomic mass is 10.0. The van der Waals surface area contributed by atoms with Crippen LogP contribution >= 0.6 is 0 Å². The second kappa shape index (κ2) is 9.53. The van der Waals surface area contributed by atoms with Crippen LogP contribution in [0.1, 0.15) is 53.7 Å². The summed E-state index contributed by atoms with van der Waals surface area (Å²) in [6.07, 6.45) is 0.588. The molecule has 2 aromatic rings. The van der Waals surface area contributed by atoms with Crippen molar-refractivity contribution in [2.45, 2.75) is 52.4 Å². The molecular formula is C25H29N3O4. The van der Waals surface area contributed by atoms with Gasteiger partial charge in [0.05, 0.1) is 6.54 Å². The molecule has 4 rings (SSSR count). The van der Waals surface area contributed by atoms with Gasteiger partial charge in [0.2, 0.25) is 11.8 Å². The zero-order valence-corrected chi connectivity index (χ0v) is 18.6. The highest BCUT2D eigenvalue weighted by Crippen LogP contribution is 2.33. The summed E-state index contributed by atoms with van der Waals surface area (Å²) in [4.78, 5) is 40.5. The molecule has 0 aliphatic carbocycles. The van der Waals surface area contributed by atoms with Crippen molar-refractivity contribution in [2.75, 3.05) is 13.1 Å². The molecule has 0 aromatic heterocycles. The number of fused-ring (bicyclic) bond motifs is 1. The molecule has 2 aromatic carbocycles. The van der Waals surface area contributed by atoms with Crippen molar-refractivity contribution in [1.29, 1.82) is 0 Å². The van der Waals surface area contributed by atoms with Crippen LogP contribution in [0.4, 0.5) is 0 Å². The number of rotatable bonds is 8. The lowest BCUT2D eigenvalue weighted by Crippen LogP contribution is -2.52. The molecular weight excluding hydrogens is 406 g/mol. The fourth-order valence-electron chi connectivity index (χ4n) is 4.30. The van der Waals surface area contributed by atoms with Crippen LogP contribution in [0, 0.1) is 0 Å². The van der Waals surface area contributed by atoms with Crippen molar-refractivity contribution in [3.8, 4) is 5.75 Å². The van der Waals surface area contributed by atoms with Gasteiger partial charge < -0.3 is 9.64 Å². The fourth-order valence-corrected chi connectivity index (χ4v) is 4.30. The number of carbonyl (C=O) groups is 3.